The summed E-state index contributed by atoms with van der Waals surface area (Å²) < 4.78 is 42.1. The molecule has 0 bridgehead atoms. The summed E-state index contributed by atoms with van der Waals surface area (Å²) in [7, 11) is -2.32. The van der Waals surface area contributed by atoms with Gasteiger partial charge in [-0.1, -0.05) is 28.1 Å². The molecule has 2 aromatic rings. The lowest BCUT2D eigenvalue weighted by molar-refractivity contribution is -0.131. The van der Waals surface area contributed by atoms with Gasteiger partial charge in [0.25, 0.3) is 5.88 Å². The van der Waals surface area contributed by atoms with Crippen LogP contribution < -0.4 is 14.2 Å². The molecule has 0 spiro atoms. The number of carbonyl (C=O) groups is 1. The van der Waals surface area contributed by atoms with Crippen molar-refractivity contribution >= 4 is 37.8 Å². The van der Waals surface area contributed by atoms with E-state index in [-0.39, 0.29) is 17.4 Å². The van der Waals surface area contributed by atoms with Gasteiger partial charge in [0.05, 0.1) is 18.4 Å². The van der Waals surface area contributed by atoms with Gasteiger partial charge in [-0.25, -0.2) is 13.1 Å². The summed E-state index contributed by atoms with van der Waals surface area (Å²) in [6.45, 7) is 1.12. The number of para-hydroxylation sites is 1. The van der Waals surface area contributed by atoms with Crippen LogP contribution in [0.1, 0.15) is 13.3 Å². The molecule has 0 aliphatic rings. The number of methoxy groups -OCH3 is 1. The zero-order chi connectivity index (χ0) is 19.3. The number of alkyl halides is 1. The maximum absolute atomic E-state index is 12.1. The van der Waals surface area contributed by atoms with Crippen molar-refractivity contribution < 1.29 is 32.2 Å². The average molecular weight is 448 g/mol. The van der Waals surface area contributed by atoms with Gasteiger partial charge in [-0.15, -0.1) is 0 Å². The number of esters is 1. The number of sulfonamides is 1. The number of aromatic hydroxyl groups is 1. The number of benzene rings is 1. The van der Waals surface area contributed by atoms with Gasteiger partial charge >= 0.3 is 5.97 Å². The highest BCUT2D eigenvalue weighted by molar-refractivity contribution is 9.09. The number of carbonyl (C=O) groups excluding carboxylic acids is 1. The number of anilines is 1. The second kappa shape index (κ2) is 8.45. The normalized spacial score (nSPS) is 11.2. The standard InChI is InChI=1S/C16H18BrNO7S/c1-10(19)24-15-13(20)14(11-6-3-4-7-12(11)23-2)25-16(15)18-26(21,22)9-5-8-17/h3-4,6-7,18,20H,5,8-9H2,1-2H3. The first kappa shape index (κ1) is 20.1. The summed E-state index contributed by atoms with van der Waals surface area (Å²) >= 11 is 3.16. The van der Waals surface area contributed by atoms with Crippen molar-refractivity contribution in [1.29, 1.82) is 0 Å². The van der Waals surface area contributed by atoms with E-state index in [0.717, 1.165) is 6.92 Å². The Morgan fingerprint density at radius 3 is 2.65 bits per heavy atom. The average Bonchev–Trinajstić information content (AvgIpc) is 2.88. The number of ether oxygens (including phenoxy) is 2. The molecule has 10 heteroatoms. The number of rotatable bonds is 8. The van der Waals surface area contributed by atoms with Crippen molar-refractivity contribution in [2.45, 2.75) is 13.3 Å². The van der Waals surface area contributed by atoms with Crippen LogP contribution >= 0.6 is 15.9 Å². The third kappa shape index (κ3) is 4.70. The molecule has 0 atom stereocenters. The Bertz CT molecular complexity index is 892. The monoisotopic (exact) mass is 447 g/mol. The van der Waals surface area contributed by atoms with Crippen LogP contribution in [0.15, 0.2) is 28.7 Å². The summed E-state index contributed by atoms with van der Waals surface area (Å²) in [5.41, 5.74) is 0.367. The lowest BCUT2D eigenvalue weighted by Gasteiger charge is -2.06. The number of hydrogen-bond donors (Lipinski definition) is 2. The SMILES string of the molecule is COc1ccccc1-c1oc(NS(=O)(=O)CCCBr)c(OC(C)=O)c1O. The minimum atomic E-state index is -3.76. The molecule has 0 saturated carbocycles. The smallest absolute Gasteiger partial charge is 0.308 e. The summed E-state index contributed by atoms with van der Waals surface area (Å²) in [4.78, 5) is 11.3. The van der Waals surface area contributed by atoms with Gasteiger partial charge in [-0.05, 0) is 18.6 Å². The molecular weight excluding hydrogens is 430 g/mol. The van der Waals surface area contributed by atoms with Gasteiger partial charge in [-0.2, -0.15) is 0 Å². The van der Waals surface area contributed by atoms with Crippen LogP contribution in [0.2, 0.25) is 0 Å². The van der Waals surface area contributed by atoms with Gasteiger partial charge in [-0.3, -0.25) is 4.79 Å². The van der Waals surface area contributed by atoms with Crippen LogP contribution in [0.5, 0.6) is 17.2 Å². The Kier molecular flexibility index (Phi) is 6.54. The molecule has 0 amide bonds. The zero-order valence-corrected chi connectivity index (χ0v) is 16.5. The first-order valence-electron chi connectivity index (χ1n) is 7.53. The number of nitrogens with one attached hydrogen (secondary N) is 1. The van der Waals surface area contributed by atoms with E-state index < -0.39 is 27.5 Å². The van der Waals surface area contributed by atoms with Crippen LogP contribution in [0.3, 0.4) is 0 Å². The van der Waals surface area contributed by atoms with E-state index in [2.05, 4.69) is 20.7 Å². The van der Waals surface area contributed by atoms with Crippen LogP contribution in [0.25, 0.3) is 11.3 Å². The minimum absolute atomic E-state index is 0.0862. The predicted octanol–water partition coefficient (Wildman–Crippen LogP) is 3.11. The van der Waals surface area contributed by atoms with E-state index in [0.29, 0.717) is 23.1 Å². The van der Waals surface area contributed by atoms with Crippen LogP contribution in [-0.4, -0.2) is 37.7 Å². The molecule has 1 aromatic heterocycles. The predicted molar refractivity (Wildman–Crippen MR) is 99.5 cm³/mol. The van der Waals surface area contributed by atoms with Crippen molar-refractivity contribution in [3.05, 3.63) is 24.3 Å². The van der Waals surface area contributed by atoms with Crippen LogP contribution in [0.4, 0.5) is 5.88 Å². The first-order chi connectivity index (χ1) is 12.3. The Morgan fingerprint density at radius 1 is 1.35 bits per heavy atom. The molecule has 0 aliphatic carbocycles. The van der Waals surface area contributed by atoms with Gasteiger partial charge in [0.2, 0.25) is 21.5 Å². The third-order valence-electron chi connectivity index (χ3n) is 3.23. The molecule has 0 aliphatic heterocycles. The van der Waals surface area contributed by atoms with E-state index in [1.54, 1.807) is 24.3 Å². The quantitative estimate of drug-likeness (QED) is 0.471. The fraction of sp³-hybridized carbons (Fsp3) is 0.312. The van der Waals surface area contributed by atoms with Gasteiger partial charge in [0.1, 0.15) is 5.75 Å². The van der Waals surface area contributed by atoms with Crippen molar-refractivity contribution in [2.24, 2.45) is 0 Å². The molecule has 1 aromatic carbocycles. The fourth-order valence-corrected chi connectivity index (χ4v) is 3.86. The van der Waals surface area contributed by atoms with E-state index >= 15 is 0 Å². The van der Waals surface area contributed by atoms with E-state index in [9.17, 15) is 18.3 Å². The molecule has 2 rings (SSSR count). The lowest BCUT2D eigenvalue weighted by atomic mass is 10.1. The topological polar surface area (TPSA) is 115 Å². The summed E-state index contributed by atoms with van der Waals surface area (Å²) in [5.74, 6) is -1.91. The number of furan rings is 1. The second-order valence-electron chi connectivity index (χ2n) is 5.20. The van der Waals surface area contributed by atoms with Crippen LogP contribution in [-0.2, 0) is 14.8 Å². The van der Waals surface area contributed by atoms with Gasteiger partial charge < -0.3 is 19.0 Å². The van der Waals surface area contributed by atoms with Crippen molar-refractivity contribution in [3.63, 3.8) is 0 Å². The summed E-state index contributed by atoms with van der Waals surface area (Å²) in [5, 5.41) is 10.9. The lowest BCUT2D eigenvalue weighted by Crippen LogP contribution is -2.17. The number of halogens is 1. The maximum Gasteiger partial charge on any atom is 0.308 e. The van der Waals surface area contributed by atoms with Crippen LogP contribution in [0, 0.1) is 0 Å². The molecule has 8 nitrogen and oxygen atoms in total. The summed E-state index contributed by atoms with van der Waals surface area (Å²) in [6.07, 6.45) is 0.365. The highest BCUT2D eigenvalue weighted by Gasteiger charge is 2.28. The molecule has 142 valence electrons. The minimum Gasteiger partial charge on any atom is -0.502 e. The maximum atomic E-state index is 12.1. The molecular formula is C16H18BrNO7S. The first-order valence-corrected chi connectivity index (χ1v) is 10.3. The van der Waals surface area contributed by atoms with Crippen molar-refractivity contribution in [1.82, 2.24) is 0 Å². The largest absolute Gasteiger partial charge is 0.502 e. The Labute approximate surface area is 159 Å². The highest BCUT2D eigenvalue weighted by Crippen LogP contribution is 2.48. The molecule has 0 unspecified atom stereocenters. The van der Waals surface area contributed by atoms with E-state index in [4.69, 9.17) is 13.9 Å². The zero-order valence-electron chi connectivity index (χ0n) is 14.1. The molecule has 1 heterocycles. The van der Waals surface area contributed by atoms with E-state index in [1.807, 2.05) is 0 Å². The van der Waals surface area contributed by atoms with Gasteiger partial charge in [0.15, 0.2) is 5.76 Å². The Morgan fingerprint density at radius 2 is 2.04 bits per heavy atom. The second-order valence-corrected chi connectivity index (χ2v) is 7.83. The third-order valence-corrected chi connectivity index (χ3v) is 5.12. The fourth-order valence-electron chi connectivity index (χ4n) is 2.16. The molecule has 0 radical (unpaired) electrons. The molecule has 2 N–H and O–H groups in total. The Hall–Kier alpha value is -2.20. The molecule has 26 heavy (non-hydrogen) atoms. The number of hydrogen-bond acceptors (Lipinski definition) is 7. The summed E-state index contributed by atoms with van der Waals surface area (Å²) in [6, 6.07) is 6.66. The van der Waals surface area contributed by atoms with Crippen molar-refractivity contribution in [2.75, 3.05) is 22.9 Å². The Balaban J connectivity index is 2.53. The van der Waals surface area contributed by atoms with Gasteiger partial charge in [0, 0.05) is 12.3 Å². The van der Waals surface area contributed by atoms with Crippen molar-refractivity contribution in [3.8, 4) is 28.6 Å². The molecule has 0 saturated heterocycles. The molecule has 0 fully saturated rings. The van der Waals surface area contributed by atoms with E-state index in [1.165, 1.54) is 7.11 Å². The highest BCUT2D eigenvalue weighted by atomic mass is 79.9.